The normalized spacial score (nSPS) is 9.69. The Balaban J connectivity index is 0.000000791. The van der Waals surface area contributed by atoms with E-state index in [-0.39, 0.29) is 16.8 Å². The van der Waals surface area contributed by atoms with Crippen molar-refractivity contribution in [1.29, 1.82) is 0 Å². The minimum atomic E-state index is -0.514. The van der Waals surface area contributed by atoms with Crippen LogP contribution in [0.2, 0.25) is 0 Å². The zero-order chi connectivity index (χ0) is 19.9. The van der Waals surface area contributed by atoms with Gasteiger partial charge < -0.3 is 15.0 Å². The van der Waals surface area contributed by atoms with Gasteiger partial charge in [-0.25, -0.2) is 9.37 Å². The van der Waals surface area contributed by atoms with Gasteiger partial charge in [-0.15, -0.1) is 0 Å². The number of anilines is 2. The molecule has 26 heavy (non-hydrogen) atoms. The van der Waals surface area contributed by atoms with Crippen LogP contribution in [0.1, 0.15) is 35.3 Å². The molecule has 0 aliphatic carbocycles. The second-order valence-corrected chi connectivity index (χ2v) is 5.44. The summed E-state index contributed by atoms with van der Waals surface area (Å²) in [6.45, 7) is 7.93. The SMILES string of the molecule is CC.CO.Cc1ccc(Nc2c(C=O)cc3c(ncn3C)c2F)c(C)c1. The van der Waals surface area contributed by atoms with Crippen molar-refractivity contribution >= 4 is 28.7 Å². The van der Waals surface area contributed by atoms with E-state index in [1.807, 2.05) is 45.9 Å². The molecule has 3 aromatic rings. The molecule has 2 N–H and O–H groups in total. The number of halogens is 1. The predicted molar refractivity (Wildman–Crippen MR) is 105 cm³/mol. The number of fused-ring (bicyclic) bond motifs is 1. The van der Waals surface area contributed by atoms with Crippen molar-refractivity contribution in [2.45, 2.75) is 27.7 Å². The lowest BCUT2D eigenvalue weighted by molar-refractivity contribution is 0.112. The lowest BCUT2D eigenvalue weighted by atomic mass is 10.1. The predicted octanol–water partition coefficient (Wildman–Crippen LogP) is 4.52. The number of aldehydes is 1. The maximum absolute atomic E-state index is 14.7. The fourth-order valence-corrected chi connectivity index (χ4v) is 2.55. The Labute approximate surface area is 153 Å². The summed E-state index contributed by atoms with van der Waals surface area (Å²) in [5.41, 5.74) is 4.15. The molecule has 1 heterocycles. The van der Waals surface area contributed by atoms with Crippen LogP contribution in [0.5, 0.6) is 0 Å². The summed E-state index contributed by atoms with van der Waals surface area (Å²) in [5, 5.41) is 10.0. The number of aryl methyl sites for hydroxylation is 3. The standard InChI is InChI=1S/C17H16FN3O.C2H6.CH4O/c1-10-4-5-13(11(2)6-10)20-16-12(8-22)7-14-17(15(16)18)19-9-21(14)3;2*1-2/h4-9,20H,1-3H3;1-2H3;2H,1H3. The second kappa shape index (κ2) is 9.68. The summed E-state index contributed by atoms with van der Waals surface area (Å²) in [7, 11) is 2.76. The van der Waals surface area contributed by atoms with Crippen molar-refractivity contribution in [3.05, 3.63) is 53.1 Å². The second-order valence-electron chi connectivity index (χ2n) is 5.44. The summed E-state index contributed by atoms with van der Waals surface area (Å²) in [6.07, 6.45) is 2.19. The largest absolute Gasteiger partial charge is 0.400 e. The van der Waals surface area contributed by atoms with Gasteiger partial charge in [0.05, 0.1) is 17.5 Å². The highest BCUT2D eigenvalue weighted by atomic mass is 19.1. The van der Waals surface area contributed by atoms with Crippen LogP contribution in [0.4, 0.5) is 15.8 Å². The van der Waals surface area contributed by atoms with E-state index >= 15 is 0 Å². The number of nitrogens with one attached hydrogen (secondary N) is 1. The van der Waals surface area contributed by atoms with Crippen molar-refractivity contribution in [3.8, 4) is 0 Å². The Bertz CT molecular complexity index is 888. The number of carbonyl (C=O) groups excluding carboxylic acids is 1. The lowest BCUT2D eigenvalue weighted by Crippen LogP contribution is -2.02. The van der Waals surface area contributed by atoms with Gasteiger partial charge in [0.1, 0.15) is 5.52 Å². The molecular formula is C20H26FN3O2. The Morgan fingerprint density at radius 3 is 2.42 bits per heavy atom. The number of imidazole rings is 1. The highest BCUT2D eigenvalue weighted by molar-refractivity contribution is 5.95. The van der Waals surface area contributed by atoms with Crippen LogP contribution in [0.15, 0.2) is 30.6 Å². The molecule has 0 spiro atoms. The van der Waals surface area contributed by atoms with E-state index in [0.717, 1.165) is 23.9 Å². The molecule has 1 aromatic heterocycles. The van der Waals surface area contributed by atoms with Gasteiger partial charge in [0.25, 0.3) is 0 Å². The third-order valence-electron chi connectivity index (χ3n) is 3.76. The van der Waals surface area contributed by atoms with Gasteiger partial charge in [-0.05, 0) is 31.5 Å². The average molecular weight is 359 g/mol. The van der Waals surface area contributed by atoms with Gasteiger partial charge in [-0.1, -0.05) is 31.5 Å². The molecule has 0 radical (unpaired) electrons. The van der Waals surface area contributed by atoms with Crippen molar-refractivity contribution in [1.82, 2.24) is 9.55 Å². The number of hydrogen-bond donors (Lipinski definition) is 2. The minimum Gasteiger partial charge on any atom is -0.400 e. The summed E-state index contributed by atoms with van der Waals surface area (Å²) < 4.78 is 16.4. The smallest absolute Gasteiger partial charge is 0.175 e. The van der Waals surface area contributed by atoms with Gasteiger partial charge in [0.15, 0.2) is 12.1 Å². The number of rotatable bonds is 3. The monoisotopic (exact) mass is 359 g/mol. The molecule has 0 bridgehead atoms. The van der Waals surface area contributed by atoms with E-state index in [4.69, 9.17) is 5.11 Å². The highest BCUT2D eigenvalue weighted by Gasteiger charge is 2.17. The maximum Gasteiger partial charge on any atom is 0.175 e. The lowest BCUT2D eigenvalue weighted by Gasteiger charge is -2.13. The zero-order valence-electron chi connectivity index (χ0n) is 16.1. The molecule has 0 fully saturated rings. The first-order chi connectivity index (χ1) is 12.5. The van der Waals surface area contributed by atoms with E-state index < -0.39 is 5.82 Å². The third kappa shape index (κ3) is 4.26. The molecular weight excluding hydrogens is 333 g/mol. The number of aliphatic hydroxyl groups excluding tert-OH is 1. The summed E-state index contributed by atoms with van der Waals surface area (Å²) in [6, 6.07) is 7.46. The Kier molecular flexibility index (Phi) is 7.93. The quantitative estimate of drug-likeness (QED) is 0.675. The van der Waals surface area contributed by atoms with Crippen LogP contribution < -0.4 is 5.32 Å². The third-order valence-corrected chi connectivity index (χ3v) is 3.76. The van der Waals surface area contributed by atoms with Crippen LogP contribution in [0.3, 0.4) is 0 Å². The number of nitrogens with zero attached hydrogens (tertiary/aromatic N) is 2. The van der Waals surface area contributed by atoms with Gasteiger partial charge in [-0.2, -0.15) is 0 Å². The van der Waals surface area contributed by atoms with E-state index in [1.165, 1.54) is 6.33 Å². The molecule has 0 saturated carbocycles. The van der Waals surface area contributed by atoms with Crippen molar-refractivity contribution in [3.63, 3.8) is 0 Å². The first-order valence-electron chi connectivity index (χ1n) is 8.39. The minimum absolute atomic E-state index is 0.160. The van der Waals surface area contributed by atoms with Crippen molar-refractivity contribution < 1.29 is 14.3 Å². The first-order valence-corrected chi connectivity index (χ1v) is 8.39. The highest BCUT2D eigenvalue weighted by Crippen LogP contribution is 2.30. The molecule has 0 atom stereocenters. The molecule has 0 aliphatic heterocycles. The van der Waals surface area contributed by atoms with E-state index in [0.29, 0.717) is 11.8 Å². The molecule has 5 nitrogen and oxygen atoms in total. The topological polar surface area (TPSA) is 67.2 Å². The molecule has 0 aliphatic rings. The van der Waals surface area contributed by atoms with Crippen LogP contribution in [0.25, 0.3) is 11.0 Å². The van der Waals surface area contributed by atoms with Crippen molar-refractivity contribution in [2.24, 2.45) is 7.05 Å². The fourth-order valence-electron chi connectivity index (χ4n) is 2.55. The number of carbonyl (C=O) groups is 1. The van der Waals surface area contributed by atoms with Crippen molar-refractivity contribution in [2.75, 3.05) is 12.4 Å². The van der Waals surface area contributed by atoms with E-state index in [9.17, 15) is 9.18 Å². The molecule has 0 amide bonds. The summed E-state index contributed by atoms with van der Waals surface area (Å²) in [4.78, 5) is 15.4. The number of aromatic nitrogens is 2. The molecule has 2 aromatic carbocycles. The van der Waals surface area contributed by atoms with Crippen LogP contribution in [-0.2, 0) is 7.05 Å². The van der Waals surface area contributed by atoms with Gasteiger partial charge >= 0.3 is 0 Å². The Morgan fingerprint density at radius 1 is 1.19 bits per heavy atom. The van der Waals surface area contributed by atoms with Crippen LogP contribution in [-0.4, -0.2) is 28.1 Å². The van der Waals surface area contributed by atoms with Gasteiger partial charge in [-0.3, -0.25) is 4.79 Å². The Hall–Kier alpha value is -2.73. The average Bonchev–Trinajstić information content (AvgIpc) is 3.03. The molecule has 0 saturated heterocycles. The Morgan fingerprint density at radius 2 is 1.85 bits per heavy atom. The maximum atomic E-state index is 14.7. The molecule has 3 rings (SSSR count). The summed E-state index contributed by atoms with van der Waals surface area (Å²) >= 11 is 0. The number of aliphatic hydroxyl groups is 1. The van der Waals surface area contributed by atoms with Gasteiger partial charge in [0.2, 0.25) is 0 Å². The first kappa shape index (κ1) is 21.3. The van der Waals surface area contributed by atoms with Crippen LogP contribution >= 0.6 is 0 Å². The molecule has 140 valence electrons. The van der Waals surface area contributed by atoms with E-state index in [1.54, 1.807) is 17.7 Å². The molecule has 0 unspecified atom stereocenters. The van der Waals surface area contributed by atoms with Crippen LogP contribution in [0, 0.1) is 19.7 Å². The van der Waals surface area contributed by atoms with Gasteiger partial charge in [0, 0.05) is 25.4 Å². The fraction of sp³-hybridized carbons (Fsp3) is 0.300. The number of hydrogen-bond acceptors (Lipinski definition) is 4. The van der Waals surface area contributed by atoms with E-state index in [2.05, 4.69) is 10.3 Å². The zero-order valence-corrected chi connectivity index (χ0v) is 16.1. The molecule has 6 heteroatoms. The number of benzene rings is 2. The summed E-state index contributed by atoms with van der Waals surface area (Å²) in [5.74, 6) is -0.514.